The van der Waals surface area contributed by atoms with Gasteiger partial charge < -0.3 is 9.84 Å². The van der Waals surface area contributed by atoms with Crippen LogP contribution in [0.5, 0.6) is 0 Å². The van der Waals surface area contributed by atoms with Crippen molar-refractivity contribution >= 4 is 15.9 Å². The zero-order valence-electron chi connectivity index (χ0n) is 12.2. The molecule has 0 spiro atoms. The molecule has 3 rings (SSSR count). The summed E-state index contributed by atoms with van der Waals surface area (Å²) in [6.45, 7) is 3.24. The Kier molecular flexibility index (Phi) is 4.70. The predicted molar refractivity (Wildman–Crippen MR) is 85.9 cm³/mol. The lowest BCUT2D eigenvalue weighted by atomic mass is 10.1. The number of nitrogens with one attached hydrogen (secondary N) is 1. The van der Waals surface area contributed by atoms with Crippen molar-refractivity contribution in [2.24, 2.45) is 5.92 Å². The molecular weight excluding hydrogens is 330 g/mol. The fourth-order valence-electron chi connectivity index (χ4n) is 2.50. The van der Waals surface area contributed by atoms with Crippen molar-refractivity contribution < 1.29 is 4.52 Å². The molecule has 1 aliphatic rings. The van der Waals surface area contributed by atoms with E-state index in [0.717, 1.165) is 41.2 Å². The molecule has 1 saturated carbocycles. The van der Waals surface area contributed by atoms with Crippen LogP contribution in [0.3, 0.4) is 0 Å². The van der Waals surface area contributed by atoms with Crippen LogP contribution in [0.15, 0.2) is 33.3 Å². The summed E-state index contributed by atoms with van der Waals surface area (Å²) in [5.74, 6) is 2.17. The summed E-state index contributed by atoms with van der Waals surface area (Å²) in [7, 11) is 0. The molecule has 0 radical (unpaired) electrons. The van der Waals surface area contributed by atoms with E-state index < -0.39 is 0 Å². The summed E-state index contributed by atoms with van der Waals surface area (Å²) in [4.78, 5) is 4.54. The fourth-order valence-corrected chi connectivity index (χ4v) is 2.90. The van der Waals surface area contributed by atoms with Gasteiger partial charge in [-0.25, -0.2) is 0 Å². The average Bonchev–Trinajstić information content (AvgIpc) is 3.22. The van der Waals surface area contributed by atoms with E-state index in [0.29, 0.717) is 11.9 Å². The van der Waals surface area contributed by atoms with E-state index in [1.807, 2.05) is 24.3 Å². The molecular formula is C16H20BrN3O. The molecule has 1 fully saturated rings. The van der Waals surface area contributed by atoms with Crippen LogP contribution < -0.4 is 5.32 Å². The van der Waals surface area contributed by atoms with Crippen molar-refractivity contribution in [2.75, 3.05) is 6.54 Å². The highest BCUT2D eigenvalue weighted by molar-refractivity contribution is 9.10. The highest BCUT2D eigenvalue weighted by Crippen LogP contribution is 2.34. The van der Waals surface area contributed by atoms with Crippen LogP contribution in [-0.4, -0.2) is 22.7 Å². The first-order valence-corrected chi connectivity index (χ1v) is 8.37. The minimum absolute atomic E-state index is 0.473. The SMILES string of the molecule is CCCNC(Cc1nc(-c2cccc(Br)c2)no1)C1CC1. The second-order valence-electron chi connectivity index (χ2n) is 5.62. The molecule has 4 nitrogen and oxygen atoms in total. The van der Waals surface area contributed by atoms with E-state index in [2.05, 4.69) is 38.3 Å². The van der Waals surface area contributed by atoms with E-state index in [-0.39, 0.29) is 0 Å². The normalized spacial score (nSPS) is 16.1. The van der Waals surface area contributed by atoms with Crippen LogP contribution in [0.4, 0.5) is 0 Å². The third-order valence-corrected chi connectivity index (χ3v) is 4.29. The number of aromatic nitrogens is 2. The maximum Gasteiger partial charge on any atom is 0.228 e. The third kappa shape index (κ3) is 3.92. The molecule has 2 aromatic rings. The van der Waals surface area contributed by atoms with Gasteiger partial charge in [-0.2, -0.15) is 4.98 Å². The first-order valence-electron chi connectivity index (χ1n) is 7.58. The topological polar surface area (TPSA) is 51.0 Å². The van der Waals surface area contributed by atoms with Crippen molar-refractivity contribution in [3.63, 3.8) is 0 Å². The smallest absolute Gasteiger partial charge is 0.228 e. The van der Waals surface area contributed by atoms with Crippen LogP contribution in [0.2, 0.25) is 0 Å². The van der Waals surface area contributed by atoms with Crippen LogP contribution in [0.1, 0.15) is 32.1 Å². The molecule has 1 aliphatic carbocycles. The zero-order chi connectivity index (χ0) is 14.7. The minimum Gasteiger partial charge on any atom is -0.339 e. The molecule has 1 atom stereocenters. The van der Waals surface area contributed by atoms with Crippen molar-refractivity contribution in [3.8, 4) is 11.4 Å². The van der Waals surface area contributed by atoms with E-state index in [4.69, 9.17) is 4.52 Å². The van der Waals surface area contributed by atoms with Gasteiger partial charge in [-0.15, -0.1) is 0 Å². The Morgan fingerprint density at radius 3 is 3.00 bits per heavy atom. The molecule has 0 saturated heterocycles. The van der Waals surface area contributed by atoms with Crippen LogP contribution in [0.25, 0.3) is 11.4 Å². The molecule has 0 bridgehead atoms. The largest absolute Gasteiger partial charge is 0.339 e. The lowest BCUT2D eigenvalue weighted by Gasteiger charge is -2.15. The van der Waals surface area contributed by atoms with E-state index in [9.17, 15) is 0 Å². The average molecular weight is 350 g/mol. The molecule has 5 heteroatoms. The first kappa shape index (κ1) is 14.7. The number of benzene rings is 1. The summed E-state index contributed by atoms with van der Waals surface area (Å²) in [5, 5.41) is 7.71. The van der Waals surface area contributed by atoms with Gasteiger partial charge in [0.25, 0.3) is 0 Å². The molecule has 0 aliphatic heterocycles. The monoisotopic (exact) mass is 349 g/mol. The van der Waals surface area contributed by atoms with Crippen LogP contribution in [0, 0.1) is 5.92 Å². The molecule has 0 amide bonds. The molecule has 1 aromatic carbocycles. The van der Waals surface area contributed by atoms with Crippen molar-refractivity contribution in [1.82, 2.24) is 15.5 Å². The van der Waals surface area contributed by atoms with Gasteiger partial charge in [-0.05, 0) is 43.9 Å². The van der Waals surface area contributed by atoms with E-state index in [1.165, 1.54) is 12.8 Å². The van der Waals surface area contributed by atoms with Crippen molar-refractivity contribution in [1.29, 1.82) is 0 Å². The summed E-state index contributed by atoms with van der Waals surface area (Å²) in [6.07, 6.45) is 4.60. The number of rotatable bonds is 7. The molecule has 112 valence electrons. The first-order chi connectivity index (χ1) is 10.3. The Morgan fingerprint density at radius 2 is 2.29 bits per heavy atom. The molecule has 1 unspecified atom stereocenters. The molecule has 1 N–H and O–H groups in total. The number of halogens is 1. The van der Waals surface area contributed by atoms with Gasteiger partial charge in [0, 0.05) is 22.5 Å². The number of hydrogen-bond donors (Lipinski definition) is 1. The summed E-state index contributed by atoms with van der Waals surface area (Å²) < 4.78 is 6.45. The van der Waals surface area contributed by atoms with Crippen molar-refractivity contribution in [3.05, 3.63) is 34.6 Å². The van der Waals surface area contributed by atoms with E-state index >= 15 is 0 Å². The summed E-state index contributed by atoms with van der Waals surface area (Å²) in [6, 6.07) is 8.43. The highest BCUT2D eigenvalue weighted by atomic mass is 79.9. The predicted octanol–water partition coefficient (Wildman–Crippen LogP) is 3.82. The van der Waals surface area contributed by atoms with Gasteiger partial charge in [0.2, 0.25) is 11.7 Å². The van der Waals surface area contributed by atoms with E-state index in [1.54, 1.807) is 0 Å². The van der Waals surface area contributed by atoms with Gasteiger partial charge in [0.15, 0.2) is 0 Å². The maximum absolute atomic E-state index is 5.43. The summed E-state index contributed by atoms with van der Waals surface area (Å²) >= 11 is 3.47. The number of nitrogens with zero attached hydrogens (tertiary/aromatic N) is 2. The van der Waals surface area contributed by atoms with Crippen LogP contribution in [-0.2, 0) is 6.42 Å². The van der Waals surface area contributed by atoms with Gasteiger partial charge >= 0.3 is 0 Å². The molecule has 1 heterocycles. The Hall–Kier alpha value is -1.20. The third-order valence-electron chi connectivity index (χ3n) is 3.79. The zero-order valence-corrected chi connectivity index (χ0v) is 13.8. The van der Waals surface area contributed by atoms with Gasteiger partial charge in [0.05, 0.1) is 0 Å². The maximum atomic E-state index is 5.43. The standard InChI is InChI=1S/C16H20BrN3O/c1-2-8-18-14(11-6-7-11)10-15-19-16(20-21-15)12-4-3-5-13(17)9-12/h3-5,9,11,14,18H,2,6-8,10H2,1H3. The Bertz CT molecular complexity index is 595. The highest BCUT2D eigenvalue weighted by Gasteiger charge is 2.32. The lowest BCUT2D eigenvalue weighted by Crippen LogP contribution is -2.33. The van der Waals surface area contributed by atoms with Gasteiger partial charge in [-0.1, -0.05) is 40.1 Å². The van der Waals surface area contributed by atoms with Gasteiger partial charge in [-0.3, -0.25) is 0 Å². The van der Waals surface area contributed by atoms with Gasteiger partial charge in [0.1, 0.15) is 0 Å². The van der Waals surface area contributed by atoms with Crippen molar-refractivity contribution in [2.45, 2.75) is 38.6 Å². The minimum atomic E-state index is 0.473. The number of hydrogen-bond acceptors (Lipinski definition) is 4. The molecule has 1 aromatic heterocycles. The Balaban J connectivity index is 1.69. The second-order valence-corrected chi connectivity index (χ2v) is 6.54. The fraction of sp³-hybridized carbons (Fsp3) is 0.500. The molecule has 21 heavy (non-hydrogen) atoms. The second kappa shape index (κ2) is 6.71. The quantitative estimate of drug-likeness (QED) is 0.825. The lowest BCUT2D eigenvalue weighted by molar-refractivity contribution is 0.346. The Morgan fingerprint density at radius 1 is 1.43 bits per heavy atom. The Labute approximate surface area is 133 Å². The summed E-state index contributed by atoms with van der Waals surface area (Å²) in [5.41, 5.74) is 0.976. The van der Waals surface area contributed by atoms with Crippen LogP contribution >= 0.6 is 15.9 Å².